The first-order valence-electron chi connectivity index (χ1n) is 6.78. The highest BCUT2D eigenvalue weighted by Gasteiger charge is 2.70. The molecular weight excluding hydrogens is 242 g/mol. The molecule has 1 heterocycles. The number of hydrogen-bond acceptors (Lipinski definition) is 3. The molecule has 4 heteroatoms. The number of carbonyl (C=O) groups excluding carboxylic acids is 2. The Bertz CT molecular complexity index is 556. The van der Waals surface area contributed by atoms with Gasteiger partial charge in [-0.2, -0.15) is 0 Å². The molecule has 0 N–H and O–H groups in total. The van der Waals surface area contributed by atoms with E-state index in [1.54, 1.807) is 4.90 Å². The lowest BCUT2D eigenvalue weighted by molar-refractivity contribution is -0.123. The van der Waals surface area contributed by atoms with Crippen LogP contribution in [0.15, 0.2) is 30.3 Å². The Kier molecular flexibility index (Phi) is 2.08. The largest absolute Gasteiger partial charge is 0.447 e. The van der Waals surface area contributed by atoms with Crippen LogP contribution in [0.2, 0.25) is 0 Å². The van der Waals surface area contributed by atoms with Crippen LogP contribution < -0.4 is 0 Å². The summed E-state index contributed by atoms with van der Waals surface area (Å²) in [6.07, 6.45) is 2.02. The molecular formula is C15H15NO3. The second kappa shape index (κ2) is 3.59. The SMILES string of the molecule is O=C1OC[C@@H](c2ccccc2)N1[C@@]12C[C@H]1CCC2=O. The van der Waals surface area contributed by atoms with Crippen molar-refractivity contribution >= 4 is 11.9 Å². The molecule has 2 saturated carbocycles. The maximum atomic E-state index is 12.2. The van der Waals surface area contributed by atoms with E-state index < -0.39 is 5.54 Å². The zero-order valence-corrected chi connectivity index (χ0v) is 10.5. The van der Waals surface area contributed by atoms with Crippen molar-refractivity contribution in [1.82, 2.24) is 4.90 Å². The van der Waals surface area contributed by atoms with E-state index in [4.69, 9.17) is 4.74 Å². The van der Waals surface area contributed by atoms with Gasteiger partial charge >= 0.3 is 6.09 Å². The average Bonchev–Trinajstić information content (AvgIpc) is 2.91. The molecule has 3 fully saturated rings. The fourth-order valence-corrected chi connectivity index (χ4v) is 3.73. The van der Waals surface area contributed by atoms with Gasteiger partial charge in [0.2, 0.25) is 0 Å². The van der Waals surface area contributed by atoms with Crippen LogP contribution in [0.3, 0.4) is 0 Å². The highest BCUT2D eigenvalue weighted by atomic mass is 16.6. The van der Waals surface area contributed by atoms with E-state index in [2.05, 4.69) is 0 Å². The molecule has 0 bridgehead atoms. The van der Waals surface area contributed by atoms with Gasteiger partial charge in [0.1, 0.15) is 12.1 Å². The van der Waals surface area contributed by atoms with Crippen molar-refractivity contribution in [1.29, 1.82) is 0 Å². The molecule has 1 amide bonds. The maximum Gasteiger partial charge on any atom is 0.411 e. The summed E-state index contributed by atoms with van der Waals surface area (Å²) in [5, 5.41) is 0. The van der Waals surface area contributed by atoms with Crippen LogP contribution in [-0.2, 0) is 9.53 Å². The molecule has 2 aliphatic carbocycles. The smallest absolute Gasteiger partial charge is 0.411 e. The van der Waals surface area contributed by atoms with Gasteiger partial charge in [-0.1, -0.05) is 30.3 Å². The van der Waals surface area contributed by atoms with Crippen molar-refractivity contribution < 1.29 is 14.3 Å². The van der Waals surface area contributed by atoms with Crippen molar-refractivity contribution in [2.75, 3.05) is 6.61 Å². The van der Waals surface area contributed by atoms with Crippen LogP contribution in [0.4, 0.5) is 4.79 Å². The van der Waals surface area contributed by atoms with E-state index in [1.165, 1.54) is 0 Å². The van der Waals surface area contributed by atoms with Crippen molar-refractivity contribution in [2.45, 2.75) is 30.8 Å². The Labute approximate surface area is 111 Å². The lowest BCUT2D eigenvalue weighted by Gasteiger charge is -2.29. The van der Waals surface area contributed by atoms with Crippen LogP contribution in [0.1, 0.15) is 30.9 Å². The van der Waals surface area contributed by atoms with Gasteiger partial charge < -0.3 is 4.74 Å². The normalized spacial score (nSPS) is 36.3. The third-order valence-corrected chi connectivity index (χ3v) is 4.76. The average molecular weight is 257 g/mol. The molecule has 4 rings (SSSR count). The summed E-state index contributed by atoms with van der Waals surface area (Å²) >= 11 is 0. The topological polar surface area (TPSA) is 46.6 Å². The lowest BCUT2D eigenvalue weighted by Crippen LogP contribution is -2.44. The summed E-state index contributed by atoms with van der Waals surface area (Å²) in [5.74, 6) is 0.578. The number of Topliss-reactive ketones (excluding diaryl/α,β-unsaturated/α-hetero) is 1. The predicted octanol–water partition coefficient (Wildman–Crippen LogP) is 2.30. The number of nitrogens with zero attached hydrogens (tertiary/aromatic N) is 1. The molecule has 0 radical (unpaired) electrons. The van der Waals surface area contributed by atoms with Gasteiger partial charge in [0.25, 0.3) is 0 Å². The van der Waals surface area contributed by atoms with Gasteiger partial charge in [0.15, 0.2) is 5.78 Å². The summed E-state index contributed by atoms with van der Waals surface area (Å²) in [4.78, 5) is 26.0. The zero-order chi connectivity index (χ0) is 13.0. The quantitative estimate of drug-likeness (QED) is 0.816. The fourth-order valence-electron chi connectivity index (χ4n) is 3.73. The molecule has 1 aromatic rings. The first kappa shape index (κ1) is 11.0. The Morgan fingerprint density at radius 2 is 2.00 bits per heavy atom. The minimum atomic E-state index is -0.534. The number of ketones is 1. The van der Waals surface area contributed by atoms with E-state index in [0.717, 1.165) is 18.4 Å². The summed E-state index contributed by atoms with van der Waals surface area (Å²) in [6, 6.07) is 9.73. The molecule has 19 heavy (non-hydrogen) atoms. The summed E-state index contributed by atoms with van der Waals surface area (Å²) in [7, 11) is 0. The minimum absolute atomic E-state index is 0.110. The number of fused-ring (bicyclic) bond motifs is 1. The third-order valence-electron chi connectivity index (χ3n) is 4.76. The van der Waals surface area contributed by atoms with Gasteiger partial charge in [-0.3, -0.25) is 9.69 Å². The first-order valence-corrected chi connectivity index (χ1v) is 6.78. The van der Waals surface area contributed by atoms with Crippen LogP contribution in [0.5, 0.6) is 0 Å². The maximum absolute atomic E-state index is 12.2. The molecule has 0 spiro atoms. The Morgan fingerprint density at radius 3 is 2.63 bits per heavy atom. The van der Waals surface area contributed by atoms with E-state index in [1.807, 2.05) is 30.3 Å². The van der Waals surface area contributed by atoms with Crippen LogP contribution in [0, 0.1) is 5.92 Å². The molecule has 3 atom stereocenters. The fraction of sp³-hybridized carbons (Fsp3) is 0.467. The summed E-state index contributed by atoms with van der Waals surface area (Å²) in [5.41, 5.74) is 0.516. The third kappa shape index (κ3) is 1.34. The number of hydrogen-bond donors (Lipinski definition) is 0. The van der Waals surface area contributed by atoms with E-state index in [-0.39, 0.29) is 17.9 Å². The number of cyclic esters (lactones) is 1. The second-order valence-electron chi connectivity index (χ2n) is 5.66. The van der Waals surface area contributed by atoms with Crippen LogP contribution in [0.25, 0.3) is 0 Å². The highest BCUT2D eigenvalue weighted by Crippen LogP contribution is 2.60. The highest BCUT2D eigenvalue weighted by molar-refractivity contribution is 5.98. The summed E-state index contributed by atoms with van der Waals surface area (Å²) in [6.45, 7) is 0.352. The molecule has 4 nitrogen and oxygen atoms in total. The monoisotopic (exact) mass is 257 g/mol. The molecule has 0 aromatic heterocycles. The number of rotatable bonds is 2. The molecule has 3 aliphatic rings. The molecule has 1 saturated heterocycles. The van der Waals surface area contributed by atoms with E-state index in [9.17, 15) is 9.59 Å². The van der Waals surface area contributed by atoms with Gasteiger partial charge in [-0.25, -0.2) is 4.79 Å². The first-order chi connectivity index (χ1) is 9.23. The summed E-state index contributed by atoms with van der Waals surface area (Å²) < 4.78 is 5.22. The number of benzene rings is 1. The number of ether oxygens (including phenoxy) is 1. The van der Waals surface area contributed by atoms with Crippen LogP contribution >= 0.6 is 0 Å². The van der Waals surface area contributed by atoms with Crippen molar-refractivity contribution in [3.63, 3.8) is 0 Å². The second-order valence-corrected chi connectivity index (χ2v) is 5.66. The van der Waals surface area contributed by atoms with Crippen LogP contribution in [-0.4, -0.2) is 28.9 Å². The van der Waals surface area contributed by atoms with Crippen molar-refractivity contribution in [2.24, 2.45) is 5.92 Å². The molecule has 0 unspecified atom stereocenters. The van der Waals surface area contributed by atoms with Crippen molar-refractivity contribution in [3.8, 4) is 0 Å². The zero-order valence-electron chi connectivity index (χ0n) is 10.5. The van der Waals surface area contributed by atoms with E-state index >= 15 is 0 Å². The Hall–Kier alpha value is -1.84. The lowest BCUT2D eigenvalue weighted by atomic mass is 10.0. The Balaban J connectivity index is 1.73. The molecule has 1 aromatic carbocycles. The minimum Gasteiger partial charge on any atom is -0.447 e. The number of carbonyl (C=O) groups is 2. The molecule has 98 valence electrons. The number of amides is 1. The Morgan fingerprint density at radius 1 is 1.21 bits per heavy atom. The van der Waals surface area contributed by atoms with Gasteiger partial charge in [0, 0.05) is 6.42 Å². The van der Waals surface area contributed by atoms with Gasteiger partial charge in [-0.15, -0.1) is 0 Å². The standard InChI is InChI=1S/C15H15NO3/c17-13-7-6-11-8-15(11,13)16-12(9-19-14(16)18)10-4-2-1-3-5-10/h1-5,11-12H,6-9H2/t11-,12+,15+/m1/s1. The van der Waals surface area contributed by atoms with Crippen molar-refractivity contribution in [3.05, 3.63) is 35.9 Å². The molecule has 1 aliphatic heterocycles. The van der Waals surface area contributed by atoms with Gasteiger partial charge in [-0.05, 0) is 24.3 Å². The van der Waals surface area contributed by atoms with E-state index in [0.29, 0.717) is 18.9 Å². The predicted molar refractivity (Wildman–Crippen MR) is 67.4 cm³/mol. The van der Waals surface area contributed by atoms with Gasteiger partial charge in [0.05, 0.1) is 6.04 Å².